The smallest absolute Gasteiger partial charge is 0.444 e. The third-order valence-electron chi connectivity index (χ3n) is 4.37. The van der Waals surface area contributed by atoms with Crippen molar-refractivity contribution in [2.24, 2.45) is 0 Å². The van der Waals surface area contributed by atoms with E-state index >= 15 is 0 Å². The molecule has 136 valence electrons. The second-order valence-corrected chi connectivity index (χ2v) is 6.04. The van der Waals surface area contributed by atoms with Crippen molar-refractivity contribution in [3.05, 3.63) is 41.2 Å². The SMILES string of the molecule is CCN(CC)c1ccc(CN2CCc3nc(C(F)(F)F)ncc3C2)o1. The molecule has 0 unspecified atom stereocenters. The maximum Gasteiger partial charge on any atom is 0.451 e. The van der Waals surface area contributed by atoms with E-state index in [0.29, 0.717) is 31.7 Å². The van der Waals surface area contributed by atoms with Gasteiger partial charge in [-0.15, -0.1) is 0 Å². The second kappa shape index (κ2) is 7.03. The van der Waals surface area contributed by atoms with Gasteiger partial charge in [-0.25, -0.2) is 9.97 Å². The monoisotopic (exact) mass is 354 g/mol. The van der Waals surface area contributed by atoms with Gasteiger partial charge in [-0.05, 0) is 19.9 Å². The molecule has 0 bridgehead atoms. The van der Waals surface area contributed by atoms with Crippen molar-refractivity contribution in [3.8, 4) is 0 Å². The first-order valence-corrected chi connectivity index (χ1v) is 8.38. The van der Waals surface area contributed by atoms with E-state index in [9.17, 15) is 13.2 Å². The van der Waals surface area contributed by atoms with Gasteiger partial charge >= 0.3 is 6.18 Å². The molecule has 2 aromatic heterocycles. The number of nitrogens with zero attached hydrogens (tertiary/aromatic N) is 4. The quantitative estimate of drug-likeness (QED) is 0.822. The molecule has 0 amide bonds. The van der Waals surface area contributed by atoms with Crippen molar-refractivity contribution in [1.29, 1.82) is 0 Å². The third-order valence-corrected chi connectivity index (χ3v) is 4.37. The lowest BCUT2D eigenvalue weighted by molar-refractivity contribution is -0.145. The highest BCUT2D eigenvalue weighted by atomic mass is 19.4. The number of fused-ring (bicyclic) bond motifs is 1. The Hall–Kier alpha value is -2.09. The average Bonchev–Trinajstić information content (AvgIpc) is 3.03. The van der Waals surface area contributed by atoms with Crippen LogP contribution in [0, 0.1) is 0 Å². The fourth-order valence-electron chi connectivity index (χ4n) is 3.02. The van der Waals surface area contributed by atoms with Crippen molar-refractivity contribution in [3.63, 3.8) is 0 Å². The summed E-state index contributed by atoms with van der Waals surface area (Å²) in [7, 11) is 0. The van der Waals surface area contributed by atoms with Gasteiger partial charge in [0.1, 0.15) is 5.76 Å². The van der Waals surface area contributed by atoms with Crippen LogP contribution in [-0.4, -0.2) is 34.5 Å². The van der Waals surface area contributed by atoms with E-state index in [-0.39, 0.29) is 0 Å². The summed E-state index contributed by atoms with van der Waals surface area (Å²) in [6, 6.07) is 3.91. The van der Waals surface area contributed by atoms with Crippen LogP contribution in [0.1, 0.15) is 36.7 Å². The second-order valence-electron chi connectivity index (χ2n) is 6.04. The standard InChI is InChI=1S/C17H21F3N4O/c1-3-24(4-2)15-6-5-13(25-15)11-23-8-7-14-12(10-23)9-21-16(22-14)17(18,19)20/h5-6,9H,3-4,7-8,10-11H2,1-2H3. The van der Waals surface area contributed by atoms with Gasteiger partial charge < -0.3 is 9.32 Å². The van der Waals surface area contributed by atoms with E-state index in [4.69, 9.17) is 4.42 Å². The Morgan fingerprint density at radius 2 is 2.00 bits per heavy atom. The van der Waals surface area contributed by atoms with Crippen LogP contribution in [-0.2, 0) is 25.7 Å². The lowest BCUT2D eigenvalue weighted by Crippen LogP contribution is -2.31. The lowest BCUT2D eigenvalue weighted by Gasteiger charge is -2.27. The summed E-state index contributed by atoms with van der Waals surface area (Å²) in [5.41, 5.74) is 1.23. The summed E-state index contributed by atoms with van der Waals surface area (Å²) in [6.07, 6.45) is -2.73. The first-order valence-electron chi connectivity index (χ1n) is 8.38. The van der Waals surface area contributed by atoms with Crippen LogP contribution < -0.4 is 4.90 Å². The Morgan fingerprint density at radius 3 is 2.68 bits per heavy atom. The van der Waals surface area contributed by atoms with Crippen LogP contribution in [0.3, 0.4) is 0 Å². The predicted molar refractivity (Wildman–Crippen MR) is 87.1 cm³/mol. The number of alkyl halides is 3. The van der Waals surface area contributed by atoms with Crippen LogP contribution in [0.2, 0.25) is 0 Å². The molecule has 0 radical (unpaired) electrons. The van der Waals surface area contributed by atoms with Crippen LogP contribution in [0.4, 0.5) is 19.1 Å². The summed E-state index contributed by atoms with van der Waals surface area (Å²) < 4.78 is 44.0. The molecular formula is C17H21F3N4O. The molecule has 0 saturated carbocycles. The largest absolute Gasteiger partial charge is 0.451 e. The van der Waals surface area contributed by atoms with E-state index in [1.165, 1.54) is 6.20 Å². The Labute approximate surface area is 144 Å². The molecule has 3 rings (SSSR count). The Kier molecular flexibility index (Phi) is 4.99. The minimum absolute atomic E-state index is 0.477. The van der Waals surface area contributed by atoms with Crippen molar-refractivity contribution < 1.29 is 17.6 Å². The summed E-state index contributed by atoms with van der Waals surface area (Å²) in [5, 5.41) is 0. The van der Waals surface area contributed by atoms with Gasteiger partial charge in [-0.2, -0.15) is 13.2 Å². The Morgan fingerprint density at radius 1 is 1.24 bits per heavy atom. The number of hydrogen-bond acceptors (Lipinski definition) is 5. The zero-order chi connectivity index (χ0) is 18.0. The topological polar surface area (TPSA) is 45.4 Å². The molecule has 5 nitrogen and oxygen atoms in total. The molecule has 0 fully saturated rings. The molecule has 1 aliphatic rings. The van der Waals surface area contributed by atoms with Crippen molar-refractivity contribution in [2.75, 3.05) is 24.5 Å². The van der Waals surface area contributed by atoms with E-state index in [2.05, 4.69) is 33.6 Å². The van der Waals surface area contributed by atoms with E-state index < -0.39 is 12.0 Å². The molecule has 0 aromatic carbocycles. The van der Waals surface area contributed by atoms with Gasteiger partial charge in [0.25, 0.3) is 0 Å². The Bertz CT molecular complexity index is 725. The highest BCUT2D eigenvalue weighted by Gasteiger charge is 2.35. The number of rotatable bonds is 5. The first kappa shape index (κ1) is 17.7. The highest BCUT2D eigenvalue weighted by molar-refractivity contribution is 5.36. The molecule has 25 heavy (non-hydrogen) atoms. The summed E-state index contributed by atoms with van der Waals surface area (Å²) in [5.74, 6) is 0.628. The minimum Gasteiger partial charge on any atom is -0.444 e. The number of hydrogen-bond donors (Lipinski definition) is 0. The minimum atomic E-state index is -4.50. The summed E-state index contributed by atoms with van der Waals surface area (Å²) in [6.45, 7) is 7.67. The zero-order valence-corrected chi connectivity index (χ0v) is 14.3. The average molecular weight is 354 g/mol. The van der Waals surface area contributed by atoms with Gasteiger partial charge in [0.05, 0.1) is 12.2 Å². The molecule has 2 aromatic rings. The van der Waals surface area contributed by atoms with Crippen LogP contribution in [0.15, 0.2) is 22.7 Å². The van der Waals surface area contributed by atoms with E-state index in [1.54, 1.807) is 0 Å². The normalized spacial score (nSPS) is 15.2. The molecule has 0 aliphatic carbocycles. The van der Waals surface area contributed by atoms with Gasteiger partial charge in [0.15, 0.2) is 5.88 Å². The van der Waals surface area contributed by atoms with E-state index in [1.807, 2.05) is 12.1 Å². The van der Waals surface area contributed by atoms with Gasteiger partial charge in [0.2, 0.25) is 5.82 Å². The summed E-state index contributed by atoms with van der Waals surface area (Å²) >= 11 is 0. The predicted octanol–water partition coefficient (Wildman–Crippen LogP) is 3.49. The molecular weight excluding hydrogens is 333 g/mol. The maximum absolute atomic E-state index is 12.7. The third kappa shape index (κ3) is 3.95. The fraction of sp³-hybridized carbons (Fsp3) is 0.529. The van der Waals surface area contributed by atoms with Crippen molar-refractivity contribution in [1.82, 2.24) is 14.9 Å². The maximum atomic E-state index is 12.7. The van der Waals surface area contributed by atoms with E-state index in [0.717, 1.165) is 30.3 Å². The zero-order valence-electron chi connectivity index (χ0n) is 14.3. The lowest BCUT2D eigenvalue weighted by atomic mass is 10.1. The molecule has 0 saturated heterocycles. The first-order chi connectivity index (χ1) is 11.9. The van der Waals surface area contributed by atoms with Gasteiger partial charge in [-0.1, -0.05) is 0 Å². The highest BCUT2D eigenvalue weighted by Crippen LogP contribution is 2.28. The van der Waals surface area contributed by atoms with Crippen LogP contribution >= 0.6 is 0 Å². The fourth-order valence-corrected chi connectivity index (χ4v) is 3.02. The Balaban J connectivity index is 1.67. The number of aromatic nitrogens is 2. The van der Waals surface area contributed by atoms with Crippen molar-refractivity contribution >= 4 is 5.88 Å². The van der Waals surface area contributed by atoms with Crippen LogP contribution in [0.25, 0.3) is 0 Å². The van der Waals surface area contributed by atoms with Crippen molar-refractivity contribution in [2.45, 2.75) is 39.5 Å². The molecule has 0 N–H and O–H groups in total. The molecule has 0 atom stereocenters. The molecule has 1 aliphatic heterocycles. The molecule has 3 heterocycles. The van der Waals surface area contributed by atoms with Gasteiger partial charge in [0, 0.05) is 50.4 Å². The molecule has 0 spiro atoms. The number of furan rings is 1. The van der Waals surface area contributed by atoms with Crippen LogP contribution in [0.5, 0.6) is 0 Å². The van der Waals surface area contributed by atoms with Gasteiger partial charge in [-0.3, -0.25) is 4.90 Å². The summed E-state index contributed by atoms with van der Waals surface area (Å²) in [4.78, 5) is 11.4. The number of halogens is 3. The molecule has 8 heteroatoms. The number of anilines is 1.